The second-order valence-electron chi connectivity index (χ2n) is 6.28. The van der Waals surface area contributed by atoms with E-state index in [0.717, 1.165) is 5.56 Å². The van der Waals surface area contributed by atoms with Crippen LogP contribution in [-0.2, 0) is 16.0 Å². The zero-order valence-electron chi connectivity index (χ0n) is 14.5. The van der Waals surface area contributed by atoms with Crippen molar-refractivity contribution in [1.82, 2.24) is 9.80 Å². The fraction of sp³-hybridized carbons (Fsp3) is 0.400. The van der Waals surface area contributed by atoms with Crippen molar-refractivity contribution in [3.63, 3.8) is 0 Å². The molecule has 1 fully saturated rings. The predicted molar refractivity (Wildman–Crippen MR) is 96.4 cm³/mol. The number of nitrogens with zero attached hydrogens (tertiary/aromatic N) is 2. The number of piperidine rings is 1. The summed E-state index contributed by atoms with van der Waals surface area (Å²) in [4.78, 5) is 28.3. The summed E-state index contributed by atoms with van der Waals surface area (Å²) in [6.45, 7) is 9.22. The molecule has 1 aliphatic heterocycles. The van der Waals surface area contributed by atoms with Gasteiger partial charge in [0.25, 0.3) is 0 Å². The van der Waals surface area contributed by atoms with E-state index in [1.54, 1.807) is 28.0 Å². The first-order chi connectivity index (χ1) is 12.0. The largest absolute Gasteiger partial charge is 0.342 e. The molecule has 5 heteroatoms. The number of halogens is 1. The predicted octanol–water partition coefficient (Wildman–Crippen LogP) is 2.81. The molecule has 4 nitrogen and oxygen atoms in total. The van der Waals surface area contributed by atoms with Crippen molar-refractivity contribution in [2.24, 2.45) is 5.92 Å². The number of hydrogen-bond donors (Lipinski definition) is 0. The molecule has 25 heavy (non-hydrogen) atoms. The maximum absolute atomic E-state index is 13.3. The Morgan fingerprint density at radius 1 is 1.32 bits per heavy atom. The van der Waals surface area contributed by atoms with Gasteiger partial charge in [0.1, 0.15) is 5.82 Å². The molecule has 0 aromatic heterocycles. The van der Waals surface area contributed by atoms with Gasteiger partial charge in [-0.25, -0.2) is 4.39 Å². The van der Waals surface area contributed by atoms with Crippen LogP contribution in [0.3, 0.4) is 0 Å². The molecule has 0 spiro atoms. The van der Waals surface area contributed by atoms with E-state index in [1.807, 2.05) is 6.07 Å². The monoisotopic (exact) mass is 344 g/mol. The van der Waals surface area contributed by atoms with Gasteiger partial charge < -0.3 is 9.80 Å². The Morgan fingerprint density at radius 3 is 2.68 bits per heavy atom. The van der Waals surface area contributed by atoms with E-state index in [9.17, 15) is 14.0 Å². The quantitative estimate of drug-likeness (QED) is 0.681. The minimum absolute atomic E-state index is 0.0306. The third-order valence-corrected chi connectivity index (χ3v) is 4.42. The van der Waals surface area contributed by atoms with E-state index < -0.39 is 0 Å². The van der Waals surface area contributed by atoms with Crippen molar-refractivity contribution in [3.8, 4) is 0 Å². The Hall–Kier alpha value is -2.43. The fourth-order valence-corrected chi connectivity index (χ4v) is 3.11. The molecule has 0 bridgehead atoms. The zero-order chi connectivity index (χ0) is 18.2. The third kappa shape index (κ3) is 5.28. The summed E-state index contributed by atoms with van der Waals surface area (Å²) < 4.78 is 13.3. The minimum atomic E-state index is -0.278. The minimum Gasteiger partial charge on any atom is -0.342 e. The van der Waals surface area contributed by atoms with Crippen LogP contribution < -0.4 is 0 Å². The molecule has 1 heterocycles. The first-order valence-electron chi connectivity index (χ1n) is 8.58. The number of amides is 2. The highest BCUT2D eigenvalue weighted by atomic mass is 19.1. The van der Waals surface area contributed by atoms with Gasteiger partial charge in [0.05, 0.1) is 5.92 Å². The van der Waals surface area contributed by atoms with Crippen molar-refractivity contribution in [1.29, 1.82) is 0 Å². The van der Waals surface area contributed by atoms with E-state index in [2.05, 4.69) is 13.2 Å². The van der Waals surface area contributed by atoms with Gasteiger partial charge in [-0.2, -0.15) is 0 Å². The maximum Gasteiger partial charge on any atom is 0.228 e. The number of rotatable bonds is 8. The van der Waals surface area contributed by atoms with Crippen LogP contribution in [-0.4, -0.2) is 47.8 Å². The molecule has 134 valence electrons. The number of carbonyl (C=O) groups is 2. The van der Waals surface area contributed by atoms with Gasteiger partial charge in [0.2, 0.25) is 11.8 Å². The molecule has 1 saturated heterocycles. The lowest BCUT2D eigenvalue weighted by atomic mass is 9.95. The van der Waals surface area contributed by atoms with Gasteiger partial charge >= 0.3 is 0 Å². The maximum atomic E-state index is 13.3. The van der Waals surface area contributed by atoms with Gasteiger partial charge in [-0.1, -0.05) is 24.3 Å². The van der Waals surface area contributed by atoms with Crippen LogP contribution in [0, 0.1) is 11.7 Å². The molecular formula is C20H25FN2O2. The summed E-state index contributed by atoms with van der Waals surface area (Å²) in [5.74, 6) is -0.396. The van der Waals surface area contributed by atoms with Gasteiger partial charge in [0, 0.05) is 32.6 Å². The standard InChI is InChI=1S/C20H25FN2O2/c1-3-11-22(12-4-2)20(25)17-8-9-19(24)23(15-17)13-10-16-6-5-7-18(21)14-16/h3-7,14,17H,1-2,8-13,15H2/t17-/m1/s1. The lowest BCUT2D eigenvalue weighted by molar-refractivity contribution is -0.142. The number of carbonyl (C=O) groups excluding carboxylic acids is 2. The second kappa shape index (κ2) is 9.16. The number of benzene rings is 1. The normalized spacial score (nSPS) is 17.2. The summed E-state index contributed by atoms with van der Waals surface area (Å²) in [6.07, 6.45) is 4.90. The van der Waals surface area contributed by atoms with E-state index >= 15 is 0 Å². The average Bonchev–Trinajstić information content (AvgIpc) is 2.60. The lowest BCUT2D eigenvalue weighted by Gasteiger charge is -2.34. The molecule has 0 N–H and O–H groups in total. The van der Waals surface area contributed by atoms with Crippen LogP contribution in [0.4, 0.5) is 4.39 Å². The Labute approximate surface area is 148 Å². The summed E-state index contributed by atoms with van der Waals surface area (Å²) in [6, 6.07) is 6.39. The van der Waals surface area contributed by atoms with Gasteiger partial charge in [-0.15, -0.1) is 13.2 Å². The van der Waals surface area contributed by atoms with E-state index in [-0.39, 0.29) is 23.5 Å². The molecule has 0 radical (unpaired) electrons. The van der Waals surface area contributed by atoms with Crippen LogP contribution in [0.25, 0.3) is 0 Å². The topological polar surface area (TPSA) is 40.6 Å². The molecular weight excluding hydrogens is 319 g/mol. The number of hydrogen-bond acceptors (Lipinski definition) is 2. The highest BCUT2D eigenvalue weighted by Gasteiger charge is 2.32. The summed E-state index contributed by atoms with van der Waals surface area (Å²) in [5.41, 5.74) is 0.848. The van der Waals surface area contributed by atoms with E-state index in [0.29, 0.717) is 45.4 Å². The molecule has 0 unspecified atom stereocenters. The SMILES string of the molecule is C=CCN(CC=C)C(=O)[C@@H]1CCC(=O)N(CCc2cccc(F)c2)C1. The summed E-state index contributed by atoms with van der Waals surface area (Å²) in [7, 11) is 0. The van der Waals surface area contributed by atoms with Crippen molar-refractivity contribution in [3.05, 3.63) is 61.0 Å². The first-order valence-corrected chi connectivity index (χ1v) is 8.58. The lowest BCUT2D eigenvalue weighted by Crippen LogP contribution is -2.47. The van der Waals surface area contributed by atoms with Crippen LogP contribution in [0.5, 0.6) is 0 Å². The Balaban J connectivity index is 1.97. The molecule has 1 atom stereocenters. The Morgan fingerprint density at radius 2 is 2.04 bits per heavy atom. The van der Waals surface area contributed by atoms with Gasteiger partial charge in [0.15, 0.2) is 0 Å². The summed E-state index contributed by atoms with van der Waals surface area (Å²) in [5, 5.41) is 0. The van der Waals surface area contributed by atoms with Crippen LogP contribution >= 0.6 is 0 Å². The highest BCUT2D eigenvalue weighted by Crippen LogP contribution is 2.20. The molecule has 1 aromatic carbocycles. The summed E-state index contributed by atoms with van der Waals surface area (Å²) >= 11 is 0. The van der Waals surface area contributed by atoms with Crippen LogP contribution in [0.1, 0.15) is 18.4 Å². The molecule has 0 aliphatic carbocycles. The smallest absolute Gasteiger partial charge is 0.228 e. The average molecular weight is 344 g/mol. The van der Waals surface area contributed by atoms with Crippen molar-refractivity contribution >= 4 is 11.8 Å². The van der Waals surface area contributed by atoms with Crippen LogP contribution in [0.2, 0.25) is 0 Å². The molecule has 2 amide bonds. The molecule has 0 saturated carbocycles. The Bertz CT molecular complexity index is 634. The molecule has 1 aromatic rings. The van der Waals surface area contributed by atoms with E-state index in [1.165, 1.54) is 12.1 Å². The Kier molecular flexibility index (Phi) is 6.92. The van der Waals surface area contributed by atoms with Gasteiger partial charge in [-0.05, 0) is 30.5 Å². The third-order valence-electron chi connectivity index (χ3n) is 4.42. The molecule has 2 rings (SSSR count). The zero-order valence-corrected chi connectivity index (χ0v) is 14.5. The first kappa shape index (κ1) is 18.9. The van der Waals surface area contributed by atoms with Crippen molar-refractivity contribution in [2.45, 2.75) is 19.3 Å². The van der Waals surface area contributed by atoms with Gasteiger partial charge in [-0.3, -0.25) is 9.59 Å². The molecule has 1 aliphatic rings. The van der Waals surface area contributed by atoms with Crippen LogP contribution in [0.15, 0.2) is 49.6 Å². The fourth-order valence-electron chi connectivity index (χ4n) is 3.11. The van der Waals surface area contributed by atoms with E-state index in [4.69, 9.17) is 0 Å². The number of likely N-dealkylation sites (tertiary alicyclic amines) is 1. The van der Waals surface area contributed by atoms with Crippen molar-refractivity contribution in [2.75, 3.05) is 26.2 Å². The second-order valence-corrected chi connectivity index (χ2v) is 6.28. The highest BCUT2D eigenvalue weighted by molar-refractivity contribution is 5.84. The van der Waals surface area contributed by atoms with Crippen molar-refractivity contribution < 1.29 is 14.0 Å².